The summed E-state index contributed by atoms with van der Waals surface area (Å²) in [5.74, 6) is 0.474. The molecule has 2 fully saturated rings. The first-order valence-electron chi connectivity index (χ1n) is 7.17. The highest BCUT2D eigenvalue weighted by molar-refractivity contribution is 5.54. The van der Waals surface area contributed by atoms with Crippen molar-refractivity contribution in [3.05, 3.63) is 35.7 Å². The van der Waals surface area contributed by atoms with Gasteiger partial charge in [-0.15, -0.1) is 0 Å². The Hall–Kier alpha value is -1.82. The zero-order chi connectivity index (χ0) is 14.6. The van der Waals surface area contributed by atoms with E-state index in [4.69, 9.17) is 10.3 Å². The van der Waals surface area contributed by atoms with Crippen LogP contribution in [0.25, 0.3) is 11.4 Å². The van der Waals surface area contributed by atoms with E-state index in [0.717, 1.165) is 18.9 Å². The lowest BCUT2D eigenvalue weighted by atomic mass is 9.85. The van der Waals surface area contributed by atoms with Gasteiger partial charge in [-0.05, 0) is 43.2 Å². The first-order valence-corrected chi connectivity index (χ1v) is 7.17. The second-order valence-electron chi connectivity index (χ2n) is 6.05. The molecule has 1 aromatic heterocycles. The molecule has 2 saturated carbocycles. The predicted octanol–water partition coefficient (Wildman–Crippen LogP) is 2.86. The molecule has 4 rings (SSSR count). The van der Waals surface area contributed by atoms with Gasteiger partial charge in [0.2, 0.25) is 11.7 Å². The summed E-state index contributed by atoms with van der Waals surface area (Å²) in [4.78, 5) is 4.32. The van der Waals surface area contributed by atoms with Gasteiger partial charge < -0.3 is 10.3 Å². The molecule has 110 valence electrons. The number of hydrogen-bond acceptors (Lipinski definition) is 4. The fraction of sp³-hybridized carbons (Fsp3) is 0.467. The number of rotatable bonds is 2. The molecule has 2 aromatic rings. The Morgan fingerprint density at radius 3 is 2.48 bits per heavy atom. The van der Waals surface area contributed by atoms with Crippen LogP contribution in [0.3, 0.4) is 0 Å². The largest absolute Gasteiger partial charge is 0.339 e. The van der Waals surface area contributed by atoms with Crippen LogP contribution in [0.4, 0.5) is 8.78 Å². The van der Waals surface area contributed by atoms with E-state index in [0.29, 0.717) is 17.7 Å². The second kappa shape index (κ2) is 4.59. The third-order valence-corrected chi connectivity index (χ3v) is 4.83. The molecule has 2 aliphatic carbocycles. The van der Waals surface area contributed by atoms with Crippen LogP contribution in [0.2, 0.25) is 0 Å². The van der Waals surface area contributed by atoms with E-state index < -0.39 is 11.6 Å². The highest BCUT2D eigenvalue weighted by atomic mass is 19.1. The van der Waals surface area contributed by atoms with Crippen molar-refractivity contribution in [2.45, 2.75) is 31.2 Å². The molecular formula is C15H15F2N3O. The van der Waals surface area contributed by atoms with Crippen LogP contribution in [-0.2, 0) is 0 Å². The molecule has 2 bridgehead atoms. The maximum atomic E-state index is 13.3. The van der Waals surface area contributed by atoms with Crippen molar-refractivity contribution in [2.24, 2.45) is 17.6 Å². The van der Waals surface area contributed by atoms with Gasteiger partial charge >= 0.3 is 0 Å². The monoisotopic (exact) mass is 291 g/mol. The van der Waals surface area contributed by atoms with Gasteiger partial charge in [0, 0.05) is 17.7 Å². The fourth-order valence-electron chi connectivity index (χ4n) is 3.87. The van der Waals surface area contributed by atoms with E-state index in [-0.39, 0.29) is 23.3 Å². The Balaban J connectivity index is 1.67. The van der Waals surface area contributed by atoms with Crippen molar-refractivity contribution in [1.29, 1.82) is 0 Å². The molecule has 0 radical (unpaired) electrons. The van der Waals surface area contributed by atoms with Crippen molar-refractivity contribution in [3.8, 4) is 11.4 Å². The SMILES string of the molecule is NC1C2CCC(C2)C1c1nc(-c2cc(F)cc(F)c2)no1. The lowest BCUT2D eigenvalue weighted by Crippen LogP contribution is -2.34. The van der Waals surface area contributed by atoms with E-state index in [2.05, 4.69) is 10.1 Å². The van der Waals surface area contributed by atoms with Crippen molar-refractivity contribution in [2.75, 3.05) is 0 Å². The zero-order valence-electron chi connectivity index (χ0n) is 11.3. The molecule has 0 amide bonds. The highest BCUT2D eigenvalue weighted by Gasteiger charge is 2.48. The third-order valence-electron chi connectivity index (χ3n) is 4.83. The maximum Gasteiger partial charge on any atom is 0.231 e. The molecule has 0 spiro atoms. The molecule has 4 unspecified atom stereocenters. The molecule has 0 saturated heterocycles. The number of benzene rings is 1. The van der Waals surface area contributed by atoms with Crippen molar-refractivity contribution >= 4 is 0 Å². The van der Waals surface area contributed by atoms with Gasteiger partial charge in [-0.3, -0.25) is 0 Å². The normalized spacial score (nSPS) is 31.0. The summed E-state index contributed by atoms with van der Waals surface area (Å²) < 4.78 is 31.8. The van der Waals surface area contributed by atoms with Gasteiger partial charge in [0.25, 0.3) is 0 Å². The van der Waals surface area contributed by atoms with E-state index in [1.165, 1.54) is 18.6 Å². The van der Waals surface area contributed by atoms with Crippen LogP contribution in [-0.4, -0.2) is 16.2 Å². The minimum absolute atomic E-state index is 0.0429. The second-order valence-corrected chi connectivity index (χ2v) is 6.05. The number of nitrogens with two attached hydrogens (primary N) is 1. The molecule has 2 aliphatic rings. The zero-order valence-corrected chi connectivity index (χ0v) is 11.3. The number of nitrogens with zero attached hydrogens (tertiary/aromatic N) is 2. The van der Waals surface area contributed by atoms with E-state index >= 15 is 0 Å². The quantitative estimate of drug-likeness (QED) is 0.924. The van der Waals surface area contributed by atoms with Gasteiger partial charge in [-0.1, -0.05) is 5.16 Å². The minimum atomic E-state index is -0.659. The van der Waals surface area contributed by atoms with Crippen LogP contribution in [0.5, 0.6) is 0 Å². The van der Waals surface area contributed by atoms with Crippen molar-refractivity contribution < 1.29 is 13.3 Å². The number of halogens is 2. The van der Waals surface area contributed by atoms with Crippen LogP contribution in [0.1, 0.15) is 31.1 Å². The Morgan fingerprint density at radius 2 is 1.81 bits per heavy atom. The lowest BCUT2D eigenvalue weighted by Gasteiger charge is -2.24. The molecule has 2 N–H and O–H groups in total. The van der Waals surface area contributed by atoms with Crippen LogP contribution >= 0.6 is 0 Å². The summed E-state index contributed by atoms with van der Waals surface area (Å²) in [5, 5.41) is 3.86. The topological polar surface area (TPSA) is 64.9 Å². The average Bonchev–Trinajstić information content (AvgIpc) is 3.11. The van der Waals surface area contributed by atoms with E-state index in [1.807, 2.05) is 0 Å². The molecule has 0 aliphatic heterocycles. The van der Waals surface area contributed by atoms with Gasteiger partial charge in [0.05, 0.1) is 5.92 Å². The molecule has 21 heavy (non-hydrogen) atoms. The molecule has 1 aromatic carbocycles. The summed E-state index contributed by atoms with van der Waals surface area (Å²) in [6.07, 6.45) is 3.41. The van der Waals surface area contributed by atoms with E-state index in [9.17, 15) is 8.78 Å². The molecule has 6 heteroatoms. The van der Waals surface area contributed by atoms with Crippen LogP contribution in [0.15, 0.2) is 22.7 Å². The summed E-state index contributed by atoms with van der Waals surface area (Å²) >= 11 is 0. The minimum Gasteiger partial charge on any atom is -0.339 e. The van der Waals surface area contributed by atoms with Gasteiger partial charge in [-0.2, -0.15) is 4.98 Å². The van der Waals surface area contributed by atoms with E-state index in [1.54, 1.807) is 0 Å². The maximum absolute atomic E-state index is 13.3. The Bertz CT molecular complexity index is 665. The Morgan fingerprint density at radius 1 is 1.10 bits per heavy atom. The van der Waals surface area contributed by atoms with Crippen molar-refractivity contribution in [3.63, 3.8) is 0 Å². The van der Waals surface area contributed by atoms with Gasteiger partial charge in [0.1, 0.15) is 11.6 Å². The number of hydrogen-bond donors (Lipinski definition) is 1. The van der Waals surface area contributed by atoms with Crippen LogP contribution in [0, 0.1) is 23.5 Å². The smallest absolute Gasteiger partial charge is 0.231 e. The standard InChI is InChI=1S/C15H15F2N3O/c16-10-4-9(5-11(17)6-10)14-19-15(21-20-14)12-7-1-2-8(3-7)13(12)18/h4-8,12-13H,1-3,18H2. The Kier molecular flexibility index (Phi) is 2.82. The molecule has 4 atom stereocenters. The molecular weight excluding hydrogens is 276 g/mol. The first kappa shape index (κ1) is 12.9. The lowest BCUT2D eigenvalue weighted by molar-refractivity contribution is 0.279. The molecule has 1 heterocycles. The first-order chi connectivity index (χ1) is 10.1. The predicted molar refractivity (Wildman–Crippen MR) is 71.2 cm³/mol. The number of fused-ring (bicyclic) bond motifs is 2. The highest BCUT2D eigenvalue weighted by Crippen LogP contribution is 2.51. The third kappa shape index (κ3) is 2.05. The average molecular weight is 291 g/mol. The molecule has 4 nitrogen and oxygen atoms in total. The summed E-state index contributed by atoms with van der Waals surface area (Å²) in [5.41, 5.74) is 6.52. The summed E-state index contributed by atoms with van der Waals surface area (Å²) in [7, 11) is 0. The Labute approximate surface area is 120 Å². The van der Waals surface area contributed by atoms with Gasteiger partial charge in [-0.25, -0.2) is 8.78 Å². The number of aromatic nitrogens is 2. The fourth-order valence-corrected chi connectivity index (χ4v) is 3.87. The van der Waals surface area contributed by atoms with Crippen molar-refractivity contribution in [1.82, 2.24) is 10.1 Å². The van der Waals surface area contributed by atoms with Crippen LogP contribution < -0.4 is 5.73 Å². The summed E-state index contributed by atoms with van der Waals surface area (Å²) in [6.45, 7) is 0. The van der Waals surface area contributed by atoms with Gasteiger partial charge in [0.15, 0.2) is 0 Å². The summed E-state index contributed by atoms with van der Waals surface area (Å²) in [6, 6.07) is 3.24.